The smallest absolute Gasteiger partial charge is 0.319 e. The first-order valence-electron chi connectivity index (χ1n) is 9.45. The van der Waals surface area contributed by atoms with Crippen molar-refractivity contribution >= 4 is 23.4 Å². The molecule has 0 aromatic heterocycles. The lowest BCUT2D eigenvalue weighted by molar-refractivity contribution is 0.112. The Kier molecular flexibility index (Phi) is 6.86. The largest absolute Gasteiger partial charge is 0.376 e. The van der Waals surface area contributed by atoms with Crippen LogP contribution >= 0.6 is 0 Å². The second-order valence-corrected chi connectivity index (χ2v) is 6.84. The van der Waals surface area contributed by atoms with Crippen LogP contribution in [0.15, 0.2) is 48.5 Å². The van der Waals surface area contributed by atoms with E-state index in [4.69, 9.17) is 4.74 Å². The van der Waals surface area contributed by atoms with E-state index in [9.17, 15) is 9.59 Å². The van der Waals surface area contributed by atoms with Crippen molar-refractivity contribution in [2.24, 2.45) is 0 Å². The van der Waals surface area contributed by atoms with Gasteiger partial charge in [-0.05, 0) is 49.6 Å². The first-order chi connectivity index (χ1) is 13.6. The van der Waals surface area contributed by atoms with Gasteiger partial charge in [-0.25, -0.2) is 9.59 Å². The lowest BCUT2D eigenvalue weighted by Gasteiger charge is -2.12. The minimum atomic E-state index is -0.282. The summed E-state index contributed by atoms with van der Waals surface area (Å²) in [6.45, 7) is 3.75. The van der Waals surface area contributed by atoms with Crippen molar-refractivity contribution in [2.75, 3.05) is 23.8 Å². The predicted molar refractivity (Wildman–Crippen MR) is 109 cm³/mol. The molecule has 1 fully saturated rings. The minimum absolute atomic E-state index is 0.107. The van der Waals surface area contributed by atoms with Crippen LogP contribution in [0.4, 0.5) is 21.0 Å². The van der Waals surface area contributed by atoms with E-state index in [1.165, 1.54) is 5.56 Å². The molecule has 2 aromatic carbocycles. The summed E-state index contributed by atoms with van der Waals surface area (Å²) < 4.78 is 5.47. The molecule has 0 aliphatic carbocycles. The molecule has 0 spiro atoms. The maximum atomic E-state index is 12.0. The second kappa shape index (κ2) is 9.75. The average molecular weight is 382 g/mol. The Balaban J connectivity index is 1.39. The van der Waals surface area contributed by atoms with Gasteiger partial charge in [0.1, 0.15) is 0 Å². The number of amides is 4. The van der Waals surface area contributed by atoms with Crippen LogP contribution in [-0.2, 0) is 11.3 Å². The van der Waals surface area contributed by atoms with E-state index < -0.39 is 0 Å². The SMILES string of the molecule is Cc1ccc(CNC(=O)Nc2ccc(NC(=O)NCC3CCCO3)cc2)cc1. The quantitative estimate of drug-likeness (QED) is 0.615. The summed E-state index contributed by atoms with van der Waals surface area (Å²) in [5.74, 6) is 0. The fraction of sp³-hybridized carbons (Fsp3) is 0.333. The summed E-state index contributed by atoms with van der Waals surface area (Å²) in [4.78, 5) is 23.9. The minimum Gasteiger partial charge on any atom is -0.376 e. The molecule has 7 nitrogen and oxygen atoms in total. The number of hydrogen-bond donors (Lipinski definition) is 4. The van der Waals surface area contributed by atoms with E-state index in [2.05, 4.69) is 21.3 Å². The number of urea groups is 2. The number of nitrogens with one attached hydrogen (secondary N) is 4. The highest BCUT2D eigenvalue weighted by Gasteiger charge is 2.16. The van der Waals surface area contributed by atoms with Gasteiger partial charge in [0.05, 0.1) is 6.10 Å². The Labute approximate surface area is 164 Å². The summed E-state index contributed by atoms with van der Waals surface area (Å²) in [5, 5.41) is 11.2. The zero-order chi connectivity index (χ0) is 19.8. The molecule has 4 amide bonds. The van der Waals surface area contributed by atoms with Crippen molar-refractivity contribution in [2.45, 2.75) is 32.4 Å². The van der Waals surface area contributed by atoms with Gasteiger partial charge in [0.25, 0.3) is 0 Å². The number of ether oxygens (including phenoxy) is 1. The van der Waals surface area contributed by atoms with Crippen LogP contribution in [0, 0.1) is 6.92 Å². The van der Waals surface area contributed by atoms with Gasteiger partial charge in [0.15, 0.2) is 0 Å². The molecule has 28 heavy (non-hydrogen) atoms. The molecule has 7 heteroatoms. The Morgan fingerprint density at radius 1 is 0.929 bits per heavy atom. The van der Waals surface area contributed by atoms with Crippen LogP contribution in [0.5, 0.6) is 0 Å². The number of carbonyl (C=O) groups is 2. The standard InChI is InChI=1S/C21H26N4O3/c1-15-4-6-16(7-5-15)13-22-20(26)24-17-8-10-18(11-9-17)25-21(27)23-14-19-3-2-12-28-19/h4-11,19H,2-3,12-14H2,1H3,(H2,22,24,26)(H2,23,25,27). The maximum Gasteiger partial charge on any atom is 0.319 e. The third-order valence-electron chi connectivity index (χ3n) is 4.49. The van der Waals surface area contributed by atoms with E-state index in [0.29, 0.717) is 24.5 Å². The van der Waals surface area contributed by atoms with E-state index >= 15 is 0 Å². The molecule has 148 valence electrons. The maximum absolute atomic E-state index is 12.0. The van der Waals surface area contributed by atoms with Gasteiger partial charge in [-0.1, -0.05) is 29.8 Å². The molecule has 4 N–H and O–H groups in total. The molecule has 1 atom stereocenters. The van der Waals surface area contributed by atoms with Crippen molar-refractivity contribution in [1.29, 1.82) is 0 Å². The van der Waals surface area contributed by atoms with Crippen LogP contribution in [-0.4, -0.2) is 31.3 Å². The summed E-state index contributed by atoms with van der Waals surface area (Å²) >= 11 is 0. The zero-order valence-electron chi connectivity index (χ0n) is 16.0. The molecule has 1 heterocycles. The van der Waals surface area contributed by atoms with E-state index in [1.807, 2.05) is 31.2 Å². The molecule has 3 rings (SSSR count). The number of aryl methyl sites for hydroxylation is 1. The Bertz CT molecular complexity index is 784. The number of anilines is 2. The fourth-order valence-corrected chi connectivity index (χ4v) is 2.89. The van der Waals surface area contributed by atoms with Gasteiger partial charge in [0, 0.05) is 31.1 Å². The van der Waals surface area contributed by atoms with Crippen LogP contribution < -0.4 is 21.3 Å². The molecular weight excluding hydrogens is 356 g/mol. The molecule has 0 bridgehead atoms. The first kappa shape index (κ1) is 19.7. The molecule has 1 aliphatic rings. The number of benzene rings is 2. The van der Waals surface area contributed by atoms with Gasteiger partial charge in [-0.15, -0.1) is 0 Å². The third-order valence-corrected chi connectivity index (χ3v) is 4.49. The predicted octanol–water partition coefficient (Wildman–Crippen LogP) is 3.62. The monoisotopic (exact) mass is 382 g/mol. The third kappa shape index (κ3) is 6.28. The molecule has 1 aliphatic heterocycles. The lowest BCUT2D eigenvalue weighted by Crippen LogP contribution is -2.35. The Hall–Kier alpha value is -3.06. The highest BCUT2D eigenvalue weighted by molar-refractivity contribution is 5.91. The molecule has 2 aromatic rings. The van der Waals surface area contributed by atoms with E-state index in [-0.39, 0.29) is 18.2 Å². The van der Waals surface area contributed by atoms with Crippen molar-refractivity contribution in [1.82, 2.24) is 10.6 Å². The Morgan fingerprint density at radius 3 is 2.11 bits per heavy atom. The van der Waals surface area contributed by atoms with Gasteiger partial charge in [0.2, 0.25) is 0 Å². The number of hydrogen-bond acceptors (Lipinski definition) is 3. The average Bonchev–Trinajstić information content (AvgIpc) is 3.21. The molecule has 1 unspecified atom stereocenters. The highest BCUT2D eigenvalue weighted by atomic mass is 16.5. The van der Waals surface area contributed by atoms with Crippen molar-refractivity contribution in [3.05, 3.63) is 59.7 Å². The molecule has 0 saturated carbocycles. The summed E-state index contributed by atoms with van der Waals surface area (Å²) in [5.41, 5.74) is 3.51. The van der Waals surface area contributed by atoms with Crippen molar-refractivity contribution < 1.29 is 14.3 Å². The Morgan fingerprint density at radius 2 is 1.54 bits per heavy atom. The fourth-order valence-electron chi connectivity index (χ4n) is 2.89. The summed E-state index contributed by atoms with van der Waals surface area (Å²) in [6.07, 6.45) is 2.13. The van der Waals surface area contributed by atoms with Gasteiger partial charge >= 0.3 is 12.1 Å². The van der Waals surface area contributed by atoms with Gasteiger partial charge in [-0.3, -0.25) is 0 Å². The van der Waals surface area contributed by atoms with E-state index in [0.717, 1.165) is 25.0 Å². The highest BCUT2D eigenvalue weighted by Crippen LogP contribution is 2.14. The van der Waals surface area contributed by atoms with E-state index in [1.54, 1.807) is 24.3 Å². The molecule has 0 radical (unpaired) electrons. The number of rotatable bonds is 6. The topological polar surface area (TPSA) is 91.5 Å². The van der Waals surface area contributed by atoms with Crippen molar-refractivity contribution in [3.8, 4) is 0 Å². The normalized spacial score (nSPS) is 15.7. The van der Waals surface area contributed by atoms with Crippen LogP contribution in [0.25, 0.3) is 0 Å². The van der Waals surface area contributed by atoms with Crippen LogP contribution in [0.2, 0.25) is 0 Å². The molecular formula is C21H26N4O3. The van der Waals surface area contributed by atoms with Crippen molar-refractivity contribution in [3.63, 3.8) is 0 Å². The lowest BCUT2D eigenvalue weighted by atomic mass is 10.1. The van der Waals surface area contributed by atoms with Gasteiger partial charge < -0.3 is 26.0 Å². The van der Waals surface area contributed by atoms with Crippen LogP contribution in [0.1, 0.15) is 24.0 Å². The first-order valence-corrected chi connectivity index (χ1v) is 9.45. The zero-order valence-corrected chi connectivity index (χ0v) is 16.0. The van der Waals surface area contributed by atoms with Crippen LogP contribution in [0.3, 0.4) is 0 Å². The number of carbonyl (C=O) groups excluding carboxylic acids is 2. The van der Waals surface area contributed by atoms with Gasteiger partial charge in [-0.2, -0.15) is 0 Å². The second-order valence-electron chi connectivity index (χ2n) is 6.84. The molecule has 1 saturated heterocycles. The summed E-state index contributed by atoms with van der Waals surface area (Å²) in [7, 11) is 0. The summed E-state index contributed by atoms with van der Waals surface area (Å²) in [6, 6.07) is 14.4.